The summed E-state index contributed by atoms with van der Waals surface area (Å²) in [4.78, 5) is 12.7. The van der Waals surface area contributed by atoms with Crippen molar-refractivity contribution in [3.63, 3.8) is 0 Å². The van der Waals surface area contributed by atoms with E-state index in [0.29, 0.717) is 16.9 Å². The number of hydrogen-bond donors (Lipinski definition) is 1. The van der Waals surface area contributed by atoms with E-state index >= 15 is 0 Å². The Labute approximate surface area is 139 Å². The van der Waals surface area contributed by atoms with E-state index in [0.717, 1.165) is 5.56 Å². The molecule has 1 N–H and O–H groups in total. The topological polar surface area (TPSA) is 55.8 Å². The molecule has 118 valence electrons. The second-order valence-electron chi connectivity index (χ2n) is 5.48. The van der Waals surface area contributed by atoms with Gasteiger partial charge in [0.2, 0.25) is 0 Å². The van der Waals surface area contributed by atoms with Gasteiger partial charge in [-0.3, -0.25) is 0 Å². The van der Waals surface area contributed by atoms with Crippen molar-refractivity contribution in [2.75, 3.05) is 0 Å². The lowest BCUT2D eigenvalue weighted by Gasteiger charge is -2.30. The van der Waals surface area contributed by atoms with Crippen molar-refractivity contribution < 1.29 is 19.4 Å². The molecule has 2 aliphatic rings. The Balaban J connectivity index is 1.81. The summed E-state index contributed by atoms with van der Waals surface area (Å²) >= 11 is 0. The Kier molecular flexibility index (Phi) is 3.43. The van der Waals surface area contributed by atoms with E-state index in [1.54, 1.807) is 48.7 Å². The SMILES string of the molecule is O=C(Oc1ccccc1)C1=C(O)c2ccccc2C2OC=CC=C12. The summed E-state index contributed by atoms with van der Waals surface area (Å²) in [6.07, 6.45) is 4.61. The second kappa shape index (κ2) is 5.74. The third-order valence-corrected chi connectivity index (χ3v) is 4.03. The molecule has 0 bridgehead atoms. The van der Waals surface area contributed by atoms with Crippen LogP contribution in [0, 0.1) is 0 Å². The molecule has 0 spiro atoms. The van der Waals surface area contributed by atoms with Gasteiger partial charge in [-0.15, -0.1) is 0 Å². The Morgan fingerprint density at radius 1 is 1.04 bits per heavy atom. The van der Waals surface area contributed by atoms with Crippen molar-refractivity contribution in [2.24, 2.45) is 0 Å². The zero-order valence-corrected chi connectivity index (χ0v) is 12.7. The number of carbonyl (C=O) groups is 1. The average Bonchev–Trinajstić information content (AvgIpc) is 2.63. The van der Waals surface area contributed by atoms with Crippen LogP contribution in [0.2, 0.25) is 0 Å². The number of rotatable bonds is 2. The molecule has 1 aliphatic carbocycles. The van der Waals surface area contributed by atoms with E-state index in [2.05, 4.69) is 0 Å². The molecule has 0 radical (unpaired) electrons. The van der Waals surface area contributed by atoms with Gasteiger partial charge >= 0.3 is 5.97 Å². The van der Waals surface area contributed by atoms with E-state index in [1.165, 1.54) is 0 Å². The van der Waals surface area contributed by atoms with Gasteiger partial charge in [-0.25, -0.2) is 4.79 Å². The monoisotopic (exact) mass is 318 g/mol. The van der Waals surface area contributed by atoms with Gasteiger partial charge in [-0.1, -0.05) is 48.5 Å². The van der Waals surface area contributed by atoms with Gasteiger partial charge < -0.3 is 14.6 Å². The van der Waals surface area contributed by atoms with Crippen LogP contribution in [0.4, 0.5) is 0 Å². The molecule has 2 aromatic carbocycles. The zero-order chi connectivity index (χ0) is 16.5. The molecule has 0 saturated carbocycles. The van der Waals surface area contributed by atoms with Crippen LogP contribution in [-0.2, 0) is 9.53 Å². The Hall–Kier alpha value is -3.27. The molecule has 0 saturated heterocycles. The molecule has 0 amide bonds. The summed E-state index contributed by atoms with van der Waals surface area (Å²) in [6.45, 7) is 0. The molecule has 0 aromatic heterocycles. The van der Waals surface area contributed by atoms with E-state index in [4.69, 9.17) is 9.47 Å². The van der Waals surface area contributed by atoms with Crippen molar-refractivity contribution in [2.45, 2.75) is 6.10 Å². The van der Waals surface area contributed by atoms with Crippen LogP contribution >= 0.6 is 0 Å². The van der Waals surface area contributed by atoms with Crippen LogP contribution in [0.1, 0.15) is 17.2 Å². The molecule has 1 aliphatic heterocycles. The van der Waals surface area contributed by atoms with Crippen LogP contribution in [0.25, 0.3) is 5.76 Å². The van der Waals surface area contributed by atoms with Crippen LogP contribution in [0.5, 0.6) is 5.75 Å². The van der Waals surface area contributed by atoms with Gasteiger partial charge in [-0.05, 0) is 18.2 Å². The normalized spacial score (nSPS) is 18.2. The quantitative estimate of drug-likeness (QED) is 0.669. The number of fused-ring (bicyclic) bond motifs is 3. The highest BCUT2D eigenvalue weighted by molar-refractivity contribution is 6.03. The van der Waals surface area contributed by atoms with E-state index in [-0.39, 0.29) is 11.3 Å². The fraction of sp³-hybridized carbons (Fsp3) is 0.0500. The fourth-order valence-electron chi connectivity index (χ4n) is 2.96. The molecular weight excluding hydrogens is 304 g/mol. The van der Waals surface area contributed by atoms with E-state index < -0.39 is 12.1 Å². The first-order valence-corrected chi connectivity index (χ1v) is 7.58. The Bertz CT molecular complexity index is 891. The highest BCUT2D eigenvalue weighted by atomic mass is 16.5. The van der Waals surface area contributed by atoms with Gasteiger partial charge in [-0.2, -0.15) is 0 Å². The molecular formula is C20H14O4. The molecule has 4 heteroatoms. The summed E-state index contributed by atoms with van der Waals surface area (Å²) in [7, 11) is 0. The number of allylic oxidation sites excluding steroid dienone is 2. The highest BCUT2D eigenvalue weighted by Gasteiger charge is 2.37. The minimum atomic E-state index is -0.608. The lowest BCUT2D eigenvalue weighted by Crippen LogP contribution is -2.24. The number of ether oxygens (including phenoxy) is 2. The van der Waals surface area contributed by atoms with Crippen LogP contribution < -0.4 is 4.74 Å². The number of esters is 1. The van der Waals surface area contributed by atoms with E-state index in [9.17, 15) is 9.90 Å². The van der Waals surface area contributed by atoms with Gasteiger partial charge in [0.25, 0.3) is 0 Å². The maximum absolute atomic E-state index is 12.7. The molecule has 24 heavy (non-hydrogen) atoms. The van der Waals surface area contributed by atoms with Gasteiger partial charge in [0.05, 0.1) is 6.26 Å². The first kappa shape index (κ1) is 14.3. The number of carbonyl (C=O) groups excluding carboxylic acids is 1. The van der Waals surface area contributed by atoms with Crippen molar-refractivity contribution >= 4 is 11.7 Å². The average molecular weight is 318 g/mol. The summed E-state index contributed by atoms with van der Waals surface area (Å²) in [6, 6.07) is 16.1. The second-order valence-corrected chi connectivity index (χ2v) is 5.48. The molecule has 4 nitrogen and oxygen atoms in total. The standard InChI is InChI=1S/C20H14O4/c21-18-14-9-4-5-10-15(14)19-16(11-6-12-23-19)17(18)20(22)24-13-7-2-1-3-8-13/h1-12,19,21H. The minimum Gasteiger partial charge on any atom is -0.506 e. The van der Waals surface area contributed by atoms with Crippen LogP contribution in [-0.4, -0.2) is 11.1 Å². The van der Waals surface area contributed by atoms with Gasteiger partial charge in [0.1, 0.15) is 23.2 Å². The first-order valence-electron chi connectivity index (χ1n) is 7.58. The lowest BCUT2D eigenvalue weighted by atomic mass is 9.83. The van der Waals surface area contributed by atoms with Gasteiger partial charge in [0.15, 0.2) is 0 Å². The summed E-state index contributed by atoms with van der Waals surface area (Å²) in [5.74, 6) is -0.276. The third-order valence-electron chi connectivity index (χ3n) is 4.03. The van der Waals surface area contributed by atoms with Gasteiger partial charge in [0, 0.05) is 16.7 Å². The Morgan fingerprint density at radius 3 is 2.62 bits per heavy atom. The number of hydrogen-bond acceptors (Lipinski definition) is 4. The largest absolute Gasteiger partial charge is 0.506 e. The van der Waals surface area contributed by atoms with Crippen molar-refractivity contribution in [3.8, 4) is 5.75 Å². The number of para-hydroxylation sites is 1. The lowest BCUT2D eigenvalue weighted by molar-refractivity contribution is -0.130. The minimum absolute atomic E-state index is 0.0899. The van der Waals surface area contributed by atoms with Crippen LogP contribution in [0.15, 0.2) is 84.2 Å². The molecule has 2 aromatic rings. The summed E-state index contributed by atoms with van der Waals surface area (Å²) < 4.78 is 11.1. The molecule has 4 rings (SSSR count). The zero-order valence-electron chi connectivity index (χ0n) is 12.7. The Morgan fingerprint density at radius 2 is 1.79 bits per heavy atom. The van der Waals surface area contributed by atoms with Crippen molar-refractivity contribution in [3.05, 3.63) is 95.3 Å². The number of aliphatic hydroxyl groups is 1. The molecule has 1 heterocycles. The van der Waals surface area contributed by atoms with Crippen molar-refractivity contribution in [1.82, 2.24) is 0 Å². The first-order chi connectivity index (χ1) is 11.8. The molecule has 1 unspecified atom stereocenters. The van der Waals surface area contributed by atoms with Crippen molar-refractivity contribution in [1.29, 1.82) is 0 Å². The van der Waals surface area contributed by atoms with E-state index in [1.807, 2.05) is 24.3 Å². The number of aliphatic hydroxyl groups excluding tert-OH is 1. The van der Waals surface area contributed by atoms with Crippen LogP contribution in [0.3, 0.4) is 0 Å². The third kappa shape index (κ3) is 2.29. The maximum Gasteiger partial charge on any atom is 0.347 e. The molecule has 0 fully saturated rings. The fourth-order valence-corrected chi connectivity index (χ4v) is 2.96. The summed E-state index contributed by atoms with van der Waals surface area (Å²) in [5.41, 5.74) is 2.12. The maximum atomic E-state index is 12.7. The predicted octanol–water partition coefficient (Wildman–Crippen LogP) is 4.09. The highest BCUT2D eigenvalue weighted by Crippen LogP contribution is 2.43. The summed E-state index contributed by atoms with van der Waals surface area (Å²) in [5, 5.41) is 10.7. The smallest absolute Gasteiger partial charge is 0.347 e. The molecule has 1 atom stereocenters. The predicted molar refractivity (Wildman–Crippen MR) is 89.1 cm³/mol. The number of benzene rings is 2.